The average molecular weight is 422 g/mol. The second kappa shape index (κ2) is 14.6. The van der Waals surface area contributed by atoms with Crippen molar-refractivity contribution >= 4 is 29.2 Å². The molecule has 1 rings (SSSR count). The maximum Gasteiger partial charge on any atom is 0.340 e. The summed E-state index contributed by atoms with van der Waals surface area (Å²) >= 11 is 1.39. The van der Waals surface area contributed by atoms with E-state index in [0.717, 1.165) is 30.2 Å². The fraction of sp³-hybridized carbons (Fsp3) is 0.591. The summed E-state index contributed by atoms with van der Waals surface area (Å²) in [7, 11) is 0. The van der Waals surface area contributed by atoms with Crippen LogP contribution in [0.2, 0.25) is 0 Å². The first-order valence-corrected chi connectivity index (χ1v) is 11.0. The van der Waals surface area contributed by atoms with Gasteiger partial charge in [0.15, 0.2) is 0 Å². The van der Waals surface area contributed by atoms with Crippen molar-refractivity contribution in [2.24, 2.45) is 0 Å². The van der Waals surface area contributed by atoms with E-state index in [0.29, 0.717) is 0 Å². The Balaban J connectivity index is 2.29. The number of carbonyl (C=O) groups is 3. The predicted molar refractivity (Wildman–Crippen MR) is 113 cm³/mol. The molecule has 6 nitrogen and oxygen atoms in total. The second-order valence-electron chi connectivity index (χ2n) is 6.91. The van der Waals surface area contributed by atoms with Crippen molar-refractivity contribution in [2.75, 3.05) is 0 Å². The van der Waals surface area contributed by atoms with Crippen LogP contribution in [-0.4, -0.2) is 29.0 Å². The fourth-order valence-corrected chi connectivity index (χ4v) is 3.41. The van der Waals surface area contributed by atoms with Gasteiger partial charge in [-0.2, -0.15) is 0 Å². The van der Waals surface area contributed by atoms with Gasteiger partial charge in [0.05, 0.1) is 0 Å². The van der Waals surface area contributed by atoms with Crippen LogP contribution in [0, 0.1) is 11.8 Å². The topological polar surface area (TPSA) is 92.7 Å². The third-order valence-electron chi connectivity index (χ3n) is 4.23. The van der Waals surface area contributed by atoms with Crippen molar-refractivity contribution in [3.05, 3.63) is 21.9 Å². The van der Waals surface area contributed by atoms with Crippen LogP contribution in [0.3, 0.4) is 0 Å². The normalized spacial score (nSPS) is 11.2. The lowest BCUT2D eigenvalue weighted by Gasteiger charge is -2.11. The first-order chi connectivity index (χ1) is 13.9. The van der Waals surface area contributed by atoms with Gasteiger partial charge in [0.1, 0.15) is 6.61 Å². The first-order valence-electron chi connectivity index (χ1n) is 10.2. The molecule has 0 saturated heterocycles. The molecule has 160 valence electrons. The Morgan fingerprint density at radius 1 is 1.14 bits per heavy atom. The van der Waals surface area contributed by atoms with Gasteiger partial charge < -0.3 is 15.2 Å². The number of carbonyl (C=O) groups excluding carboxylic acids is 2. The van der Waals surface area contributed by atoms with Crippen LogP contribution in [-0.2, 0) is 25.7 Å². The highest BCUT2D eigenvalue weighted by molar-refractivity contribution is 7.10. The van der Waals surface area contributed by atoms with Crippen molar-refractivity contribution in [2.45, 2.75) is 84.3 Å². The SMILES string of the molecule is CCCCCCCCCCC#Cc1csc(COC(=O)C(NC(C)=O)C(=O)O)c1. The lowest BCUT2D eigenvalue weighted by molar-refractivity contribution is -0.157. The molecule has 0 aromatic carbocycles. The van der Waals surface area contributed by atoms with Gasteiger partial charge in [0, 0.05) is 29.2 Å². The summed E-state index contributed by atoms with van der Waals surface area (Å²) in [5.41, 5.74) is 0.859. The average Bonchev–Trinajstić information content (AvgIpc) is 3.13. The Morgan fingerprint density at radius 2 is 1.79 bits per heavy atom. The zero-order chi connectivity index (χ0) is 21.5. The van der Waals surface area contributed by atoms with Crippen LogP contribution >= 0.6 is 11.3 Å². The summed E-state index contributed by atoms with van der Waals surface area (Å²) in [6.45, 7) is 3.32. The zero-order valence-electron chi connectivity index (χ0n) is 17.3. The molecule has 0 bridgehead atoms. The lowest BCUT2D eigenvalue weighted by atomic mass is 10.1. The predicted octanol–water partition coefficient (Wildman–Crippen LogP) is 4.26. The van der Waals surface area contributed by atoms with Crippen LogP contribution in [0.4, 0.5) is 0 Å². The standard InChI is InChI=1S/C22H31NO5S/c1-3-4-5-6-7-8-9-10-11-12-13-18-14-19(29-16-18)15-28-22(27)20(21(25)26)23-17(2)24/h14,16,20H,3-11,15H2,1-2H3,(H,23,24)(H,25,26). The number of carboxylic acid groups (broad SMARTS) is 1. The van der Waals surface area contributed by atoms with Gasteiger partial charge in [-0.25, -0.2) is 9.59 Å². The largest absolute Gasteiger partial charge is 0.479 e. The minimum atomic E-state index is -1.70. The Bertz CT molecular complexity index is 716. The van der Waals surface area contributed by atoms with Gasteiger partial charge in [-0.1, -0.05) is 63.7 Å². The van der Waals surface area contributed by atoms with Crippen LogP contribution in [0.15, 0.2) is 11.4 Å². The Labute approximate surface area is 177 Å². The number of amides is 1. The van der Waals surface area contributed by atoms with Crippen molar-refractivity contribution in [3.8, 4) is 11.8 Å². The number of esters is 1. The highest BCUT2D eigenvalue weighted by Crippen LogP contribution is 2.15. The lowest BCUT2D eigenvalue weighted by Crippen LogP contribution is -2.46. The molecule has 0 saturated carbocycles. The number of hydrogen-bond acceptors (Lipinski definition) is 5. The number of carboxylic acids is 1. The molecule has 0 fully saturated rings. The molecule has 0 aliphatic rings. The summed E-state index contributed by atoms with van der Waals surface area (Å²) in [5, 5.41) is 12.9. The number of aliphatic carboxylic acids is 1. The molecule has 1 amide bonds. The molecule has 29 heavy (non-hydrogen) atoms. The molecule has 7 heteroatoms. The van der Waals surface area contributed by atoms with Crippen LogP contribution in [0.25, 0.3) is 0 Å². The Hall–Kier alpha value is -2.33. The summed E-state index contributed by atoms with van der Waals surface area (Å²) < 4.78 is 5.00. The van der Waals surface area contributed by atoms with E-state index in [1.807, 2.05) is 16.8 Å². The van der Waals surface area contributed by atoms with E-state index in [9.17, 15) is 14.4 Å². The molecule has 0 radical (unpaired) electrons. The molecule has 1 aromatic rings. The zero-order valence-corrected chi connectivity index (χ0v) is 18.1. The van der Waals surface area contributed by atoms with E-state index in [4.69, 9.17) is 9.84 Å². The minimum absolute atomic E-state index is 0.0490. The summed E-state index contributed by atoms with van der Waals surface area (Å²) in [4.78, 5) is 34.6. The van der Waals surface area contributed by atoms with Gasteiger partial charge in [0.2, 0.25) is 11.9 Å². The van der Waals surface area contributed by atoms with E-state index in [1.165, 1.54) is 56.3 Å². The Morgan fingerprint density at radius 3 is 2.41 bits per heavy atom. The van der Waals surface area contributed by atoms with E-state index in [-0.39, 0.29) is 6.61 Å². The third kappa shape index (κ3) is 11.3. The maximum atomic E-state index is 11.8. The van der Waals surface area contributed by atoms with E-state index >= 15 is 0 Å². The number of ether oxygens (including phenoxy) is 1. The van der Waals surface area contributed by atoms with Crippen LogP contribution in [0.1, 0.15) is 82.1 Å². The van der Waals surface area contributed by atoms with E-state index in [2.05, 4.69) is 18.8 Å². The van der Waals surface area contributed by atoms with Crippen molar-refractivity contribution < 1.29 is 24.2 Å². The highest BCUT2D eigenvalue weighted by Gasteiger charge is 2.28. The minimum Gasteiger partial charge on any atom is -0.479 e. The molecule has 1 heterocycles. The van der Waals surface area contributed by atoms with Gasteiger partial charge in [-0.05, 0) is 12.5 Å². The molecular weight excluding hydrogens is 390 g/mol. The molecule has 0 spiro atoms. The number of thiophene rings is 1. The molecule has 2 N–H and O–H groups in total. The Kier molecular flexibility index (Phi) is 12.5. The molecule has 1 aromatic heterocycles. The van der Waals surface area contributed by atoms with Gasteiger partial charge in [-0.15, -0.1) is 11.3 Å². The number of nitrogens with one attached hydrogen (secondary N) is 1. The molecule has 1 atom stereocenters. The fourth-order valence-electron chi connectivity index (χ4n) is 2.68. The smallest absolute Gasteiger partial charge is 0.340 e. The monoisotopic (exact) mass is 421 g/mol. The number of unbranched alkanes of at least 4 members (excludes halogenated alkanes) is 8. The maximum absolute atomic E-state index is 11.8. The van der Waals surface area contributed by atoms with Gasteiger partial charge in [0.25, 0.3) is 0 Å². The van der Waals surface area contributed by atoms with Crippen molar-refractivity contribution in [1.82, 2.24) is 5.32 Å². The summed E-state index contributed by atoms with van der Waals surface area (Å²) in [6, 6.07) is 0.130. The first kappa shape index (κ1) is 24.7. The molecular formula is C22H31NO5S. The van der Waals surface area contributed by atoms with Crippen molar-refractivity contribution in [3.63, 3.8) is 0 Å². The van der Waals surface area contributed by atoms with Crippen LogP contribution in [0.5, 0.6) is 0 Å². The van der Waals surface area contributed by atoms with E-state index < -0.39 is 23.9 Å². The number of rotatable bonds is 13. The van der Waals surface area contributed by atoms with E-state index in [1.54, 1.807) is 0 Å². The quantitative estimate of drug-likeness (QED) is 0.215. The van der Waals surface area contributed by atoms with Crippen molar-refractivity contribution in [1.29, 1.82) is 0 Å². The summed E-state index contributed by atoms with van der Waals surface area (Å²) in [6.07, 6.45) is 11.1. The third-order valence-corrected chi connectivity index (χ3v) is 5.14. The molecule has 1 unspecified atom stereocenters. The summed E-state index contributed by atoms with van der Waals surface area (Å²) in [5.74, 6) is 3.21. The number of hydrogen-bond donors (Lipinski definition) is 2. The molecule has 0 aliphatic carbocycles. The second-order valence-corrected chi connectivity index (χ2v) is 7.90. The van der Waals surface area contributed by atoms with Gasteiger partial charge >= 0.3 is 11.9 Å². The van der Waals surface area contributed by atoms with Gasteiger partial charge in [-0.3, -0.25) is 4.79 Å². The highest BCUT2D eigenvalue weighted by atomic mass is 32.1. The van der Waals surface area contributed by atoms with Crippen LogP contribution < -0.4 is 5.32 Å². The molecule has 0 aliphatic heterocycles.